The summed E-state index contributed by atoms with van der Waals surface area (Å²) in [5, 5.41) is 3.47. The summed E-state index contributed by atoms with van der Waals surface area (Å²) in [7, 11) is 0. The molecule has 2 aliphatic heterocycles. The number of anilines is 1. The van der Waals surface area contributed by atoms with Gasteiger partial charge in [-0.3, -0.25) is 0 Å². The first-order valence-electron chi connectivity index (χ1n) is 6.89. The highest BCUT2D eigenvalue weighted by atomic mass is 32.2. The van der Waals surface area contributed by atoms with Crippen LogP contribution in [0.5, 0.6) is 5.75 Å². The molecule has 2 nitrogen and oxygen atoms in total. The summed E-state index contributed by atoms with van der Waals surface area (Å²) in [4.78, 5) is 0. The molecule has 1 aromatic rings. The van der Waals surface area contributed by atoms with Gasteiger partial charge in [0.2, 0.25) is 0 Å². The lowest BCUT2D eigenvalue weighted by molar-refractivity contribution is 0.0800. The molecular weight excluding hydrogens is 242 g/mol. The molecule has 98 valence electrons. The van der Waals surface area contributed by atoms with Crippen molar-refractivity contribution in [3.05, 3.63) is 23.8 Å². The minimum atomic E-state index is 0.0359. The fourth-order valence-corrected chi connectivity index (χ4v) is 4.05. The second-order valence-corrected chi connectivity index (χ2v) is 6.74. The average Bonchev–Trinajstić information content (AvgIpc) is 2.39. The first-order chi connectivity index (χ1) is 8.75. The predicted octanol–water partition coefficient (Wildman–Crippen LogP) is 3.71. The van der Waals surface area contributed by atoms with E-state index < -0.39 is 0 Å². The third kappa shape index (κ3) is 2.61. The van der Waals surface area contributed by atoms with E-state index >= 15 is 0 Å². The molecule has 0 amide bonds. The zero-order valence-electron chi connectivity index (χ0n) is 11.0. The van der Waals surface area contributed by atoms with Gasteiger partial charge in [-0.1, -0.05) is 6.07 Å². The van der Waals surface area contributed by atoms with E-state index in [2.05, 4.69) is 30.4 Å². The quantitative estimate of drug-likeness (QED) is 0.879. The van der Waals surface area contributed by atoms with Crippen molar-refractivity contribution in [2.75, 3.05) is 23.4 Å². The Kier molecular flexibility index (Phi) is 3.42. The van der Waals surface area contributed by atoms with Crippen molar-refractivity contribution in [2.45, 2.75) is 38.2 Å². The highest BCUT2D eigenvalue weighted by Crippen LogP contribution is 2.34. The third-order valence-corrected chi connectivity index (χ3v) is 4.92. The molecule has 1 saturated heterocycles. The molecular formula is C15H21NOS. The van der Waals surface area contributed by atoms with Gasteiger partial charge < -0.3 is 10.1 Å². The Hall–Kier alpha value is -0.830. The average molecular weight is 263 g/mol. The fourth-order valence-electron chi connectivity index (χ4n) is 2.69. The van der Waals surface area contributed by atoms with Crippen LogP contribution in [0.2, 0.25) is 0 Å². The van der Waals surface area contributed by atoms with Crippen LogP contribution in [-0.2, 0) is 6.42 Å². The molecule has 0 aliphatic carbocycles. The highest BCUT2D eigenvalue weighted by molar-refractivity contribution is 7.99. The normalized spacial score (nSPS) is 21.8. The molecule has 0 saturated carbocycles. The Morgan fingerprint density at radius 3 is 2.94 bits per heavy atom. The van der Waals surface area contributed by atoms with Gasteiger partial charge in [0.15, 0.2) is 0 Å². The number of benzene rings is 1. The molecule has 0 bridgehead atoms. The number of ether oxygens (including phenoxy) is 1. The zero-order valence-corrected chi connectivity index (χ0v) is 11.8. The lowest BCUT2D eigenvalue weighted by atomic mass is 9.99. The lowest BCUT2D eigenvalue weighted by Gasteiger charge is -2.34. The molecule has 0 spiro atoms. The number of fused-ring (bicyclic) bond motifs is 1. The monoisotopic (exact) mass is 263 g/mol. The summed E-state index contributed by atoms with van der Waals surface area (Å²) in [5.41, 5.74) is 2.74. The van der Waals surface area contributed by atoms with E-state index in [1.165, 1.54) is 35.6 Å². The van der Waals surface area contributed by atoms with Gasteiger partial charge in [0.1, 0.15) is 11.4 Å². The number of thioether (sulfide) groups is 1. The van der Waals surface area contributed by atoms with E-state index in [0.29, 0.717) is 0 Å². The van der Waals surface area contributed by atoms with Crippen LogP contribution in [0.25, 0.3) is 0 Å². The van der Waals surface area contributed by atoms with Gasteiger partial charge >= 0.3 is 0 Å². The standard InChI is InChI=1S/C15H21NOS/c1-15(6-9-18-10-7-15)17-13-5-4-12-3-2-8-16-14(12)11-13/h4-5,11,16H,2-3,6-10H2,1H3. The Balaban J connectivity index is 1.76. The number of hydrogen-bond donors (Lipinski definition) is 1. The molecule has 2 heterocycles. The second-order valence-electron chi connectivity index (χ2n) is 5.51. The molecule has 0 unspecified atom stereocenters. The number of aryl methyl sites for hydroxylation is 1. The van der Waals surface area contributed by atoms with Crippen molar-refractivity contribution >= 4 is 17.4 Å². The Labute approximate surface area is 113 Å². The number of hydrogen-bond acceptors (Lipinski definition) is 3. The summed E-state index contributed by atoms with van der Waals surface area (Å²) >= 11 is 2.04. The van der Waals surface area contributed by atoms with Crippen molar-refractivity contribution in [3.8, 4) is 5.75 Å². The van der Waals surface area contributed by atoms with Crippen LogP contribution in [0.15, 0.2) is 18.2 Å². The van der Waals surface area contributed by atoms with Gasteiger partial charge in [0.25, 0.3) is 0 Å². The van der Waals surface area contributed by atoms with E-state index in [9.17, 15) is 0 Å². The largest absolute Gasteiger partial charge is 0.487 e. The van der Waals surface area contributed by atoms with Crippen molar-refractivity contribution in [1.29, 1.82) is 0 Å². The maximum atomic E-state index is 6.26. The highest BCUT2D eigenvalue weighted by Gasteiger charge is 2.29. The molecule has 0 radical (unpaired) electrons. The van der Waals surface area contributed by atoms with Gasteiger partial charge in [-0.2, -0.15) is 11.8 Å². The first kappa shape index (κ1) is 12.2. The minimum absolute atomic E-state index is 0.0359. The Morgan fingerprint density at radius 2 is 2.11 bits per heavy atom. The van der Waals surface area contributed by atoms with Crippen LogP contribution in [0.1, 0.15) is 31.7 Å². The first-order valence-corrected chi connectivity index (χ1v) is 8.04. The van der Waals surface area contributed by atoms with Crippen molar-refractivity contribution in [2.24, 2.45) is 0 Å². The molecule has 1 fully saturated rings. The Bertz CT molecular complexity index is 427. The van der Waals surface area contributed by atoms with Gasteiger partial charge in [-0.15, -0.1) is 0 Å². The van der Waals surface area contributed by atoms with Crippen LogP contribution in [0, 0.1) is 0 Å². The third-order valence-electron chi connectivity index (χ3n) is 3.93. The van der Waals surface area contributed by atoms with Gasteiger partial charge in [0, 0.05) is 18.3 Å². The summed E-state index contributed by atoms with van der Waals surface area (Å²) in [5.74, 6) is 3.47. The fraction of sp³-hybridized carbons (Fsp3) is 0.600. The molecule has 3 heteroatoms. The molecule has 0 atom stereocenters. The molecule has 1 aromatic carbocycles. The number of rotatable bonds is 2. The molecule has 18 heavy (non-hydrogen) atoms. The molecule has 0 aromatic heterocycles. The van der Waals surface area contributed by atoms with E-state index in [-0.39, 0.29) is 5.60 Å². The van der Waals surface area contributed by atoms with Gasteiger partial charge in [0.05, 0.1) is 0 Å². The molecule has 3 rings (SSSR count). The lowest BCUT2D eigenvalue weighted by Crippen LogP contribution is -2.36. The van der Waals surface area contributed by atoms with Gasteiger partial charge in [-0.05, 0) is 55.7 Å². The van der Waals surface area contributed by atoms with Crippen LogP contribution in [0.4, 0.5) is 5.69 Å². The van der Waals surface area contributed by atoms with E-state index in [4.69, 9.17) is 4.74 Å². The molecule has 2 aliphatic rings. The SMILES string of the molecule is CC1(Oc2ccc3c(c2)NCCC3)CCSCC1. The predicted molar refractivity (Wildman–Crippen MR) is 78.8 cm³/mol. The van der Waals surface area contributed by atoms with Crippen molar-refractivity contribution < 1.29 is 4.74 Å². The minimum Gasteiger partial charge on any atom is -0.487 e. The summed E-state index contributed by atoms with van der Waals surface area (Å²) in [6.07, 6.45) is 4.74. The number of nitrogens with one attached hydrogen (secondary N) is 1. The summed E-state index contributed by atoms with van der Waals surface area (Å²) < 4.78 is 6.26. The summed E-state index contributed by atoms with van der Waals surface area (Å²) in [6, 6.07) is 6.54. The topological polar surface area (TPSA) is 21.3 Å². The van der Waals surface area contributed by atoms with Gasteiger partial charge in [-0.25, -0.2) is 0 Å². The zero-order chi connectivity index (χ0) is 12.4. The van der Waals surface area contributed by atoms with E-state index in [1.54, 1.807) is 0 Å². The summed E-state index contributed by atoms with van der Waals surface area (Å²) in [6.45, 7) is 3.34. The maximum absolute atomic E-state index is 6.26. The second kappa shape index (κ2) is 5.04. The smallest absolute Gasteiger partial charge is 0.122 e. The van der Waals surface area contributed by atoms with Crippen LogP contribution < -0.4 is 10.1 Å². The maximum Gasteiger partial charge on any atom is 0.122 e. The van der Waals surface area contributed by atoms with Crippen molar-refractivity contribution in [3.63, 3.8) is 0 Å². The molecule has 1 N–H and O–H groups in total. The Morgan fingerprint density at radius 1 is 1.28 bits per heavy atom. The van der Waals surface area contributed by atoms with Crippen LogP contribution in [0.3, 0.4) is 0 Å². The van der Waals surface area contributed by atoms with E-state index in [0.717, 1.165) is 25.1 Å². The van der Waals surface area contributed by atoms with Crippen LogP contribution in [-0.4, -0.2) is 23.7 Å². The van der Waals surface area contributed by atoms with E-state index in [1.807, 2.05) is 11.8 Å². The van der Waals surface area contributed by atoms with Crippen molar-refractivity contribution in [1.82, 2.24) is 0 Å². The van der Waals surface area contributed by atoms with Crippen LogP contribution >= 0.6 is 11.8 Å².